The van der Waals surface area contributed by atoms with E-state index in [2.05, 4.69) is 0 Å². The van der Waals surface area contributed by atoms with E-state index in [4.69, 9.17) is 4.74 Å². The highest BCUT2D eigenvalue weighted by atomic mass is 31.1. The van der Waals surface area contributed by atoms with Crippen LogP contribution in [0.15, 0.2) is 24.3 Å². The minimum Gasteiger partial charge on any atom is -0.481 e. The summed E-state index contributed by atoms with van der Waals surface area (Å²) in [5.74, 6) is -4.19. The fourth-order valence-corrected chi connectivity index (χ4v) is 4.51. The molecule has 7 nitrogen and oxygen atoms in total. The van der Waals surface area contributed by atoms with Crippen molar-refractivity contribution in [2.24, 2.45) is 11.8 Å². The molecule has 2 rings (SSSR count). The van der Waals surface area contributed by atoms with Crippen LogP contribution in [0.3, 0.4) is 0 Å². The van der Waals surface area contributed by atoms with Crippen molar-refractivity contribution in [3.63, 3.8) is 0 Å². The van der Waals surface area contributed by atoms with E-state index in [1.54, 1.807) is 12.1 Å². The molecule has 0 fully saturated rings. The maximum atomic E-state index is 12.7. The number of methoxy groups -OCH3 is 1. The number of imide groups is 1. The molecule has 1 aliphatic rings. The quantitative estimate of drug-likeness (QED) is 0.561. The van der Waals surface area contributed by atoms with Crippen LogP contribution in [0.1, 0.15) is 41.0 Å². The van der Waals surface area contributed by atoms with Crippen LogP contribution in [-0.2, 0) is 14.1 Å². The zero-order valence-corrected chi connectivity index (χ0v) is 15.2. The van der Waals surface area contributed by atoms with Gasteiger partial charge >= 0.3 is 19.7 Å². The Hall–Kier alpha value is -2.11. The van der Waals surface area contributed by atoms with Crippen molar-refractivity contribution in [3.8, 4) is 0 Å². The zero-order valence-electron chi connectivity index (χ0n) is 14.3. The Morgan fingerprint density at radius 1 is 1.20 bits per heavy atom. The molecule has 0 radical (unpaired) electrons. The first-order chi connectivity index (χ1) is 11.8. The van der Waals surface area contributed by atoms with Crippen molar-refractivity contribution in [1.29, 1.82) is 0 Å². The highest BCUT2D eigenvalue weighted by Crippen LogP contribution is 2.39. The van der Waals surface area contributed by atoms with Gasteiger partial charge in [-0.2, -0.15) is 0 Å². The number of hydrogen-bond donors (Lipinski definition) is 1. The molecular formula is C17H21NO6P+. The van der Waals surface area contributed by atoms with Crippen LogP contribution < -0.4 is 0 Å². The molecule has 0 saturated carbocycles. The molecule has 0 aromatic heterocycles. The van der Waals surface area contributed by atoms with Gasteiger partial charge in [-0.25, -0.2) is 4.90 Å². The topological polar surface area (TPSA) is 101 Å². The number of ether oxygens (including phenoxy) is 1. The Labute approximate surface area is 146 Å². The van der Waals surface area contributed by atoms with Crippen LogP contribution in [0.5, 0.6) is 0 Å². The summed E-state index contributed by atoms with van der Waals surface area (Å²) in [6, 6.07) is 6.32. The van der Waals surface area contributed by atoms with Crippen LogP contribution in [-0.4, -0.2) is 47.0 Å². The molecule has 0 saturated heterocycles. The Morgan fingerprint density at radius 2 is 1.72 bits per heavy atom. The normalized spacial score (nSPS) is 16.8. The zero-order chi connectivity index (χ0) is 18.7. The maximum Gasteiger partial charge on any atom is 0.395 e. The third-order valence-corrected chi connectivity index (χ3v) is 5.74. The highest BCUT2D eigenvalue weighted by molar-refractivity contribution is 7.45. The maximum absolute atomic E-state index is 12.7. The summed E-state index contributed by atoms with van der Waals surface area (Å²) in [4.78, 5) is 37.2. The van der Waals surface area contributed by atoms with Gasteiger partial charge in [0, 0.05) is 7.11 Å². The minimum absolute atomic E-state index is 0.116. The predicted molar refractivity (Wildman–Crippen MR) is 90.8 cm³/mol. The number of carbonyl (C=O) groups is 3. The van der Waals surface area contributed by atoms with E-state index in [0.29, 0.717) is 6.42 Å². The van der Waals surface area contributed by atoms with Gasteiger partial charge in [0.15, 0.2) is 6.16 Å². The van der Waals surface area contributed by atoms with Crippen molar-refractivity contribution < 1.29 is 28.8 Å². The molecule has 1 aliphatic heterocycles. The first-order valence-corrected chi connectivity index (χ1v) is 9.45. The molecule has 134 valence electrons. The van der Waals surface area contributed by atoms with E-state index in [1.807, 2.05) is 13.8 Å². The lowest BCUT2D eigenvalue weighted by Gasteiger charge is -2.18. The summed E-state index contributed by atoms with van der Waals surface area (Å²) in [7, 11) is -1.03. The van der Waals surface area contributed by atoms with Crippen molar-refractivity contribution in [2.45, 2.75) is 26.2 Å². The predicted octanol–water partition coefficient (Wildman–Crippen LogP) is 2.79. The minimum atomic E-state index is -2.28. The number of carboxylic acids is 1. The van der Waals surface area contributed by atoms with Crippen molar-refractivity contribution in [1.82, 2.24) is 4.90 Å². The average Bonchev–Trinajstić information content (AvgIpc) is 2.80. The first kappa shape index (κ1) is 19.2. The summed E-state index contributed by atoms with van der Waals surface area (Å²) in [5.41, 5.74) is 0.463. The lowest BCUT2D eigenvalue weighted by atomic mass is 9.99. The highest BCUT2D eigenvalue weighted by Gasteiger charge is 2.49. The largest absolute Gasteiger partial charge is 0.481 e. The number of rotatable bonds is 8. The summed E-state index contributed by atoms with van der Waals surface area (Å²) in [5, 5.41) is 9.32. The smallest absolute Gasteiger partial charge is 0.395 e. The Kier molecular flexibility index (Phi) is 6.03. The molecule has 3 atom stereocenters. The molecule has 1 aromatic carbocycles. The number of carbonyl (C=O) groups excluding carboxylic acids is 2. The number of nitrogens with zero attached hydrogens (tertiary/aromatic N) is 1. The van der Waals surface area contributed by atoms with Gasteiger partial charge in [0.1, 0.15) is 5.92 Å². The molecule has 3 unspecified atom stereocenters. The second-order valence-corrected chi connectivity index (χ2v) is 7.99. The number of aliphatic carboxylic acids is 1. The number of carboxylic acid groups (broad SMARTS) is 1. The van der Waals surface area contributed by atoms with E-state index < -0.39 is 37.5 Å². The molecule has 8 heteroatoms. The number of fused-ring (bicyclic) bond motifs is 1. The van der Waals surface area contributed by atoms with Gasteiger partial charge in [-0.3, -0.25) is 14.4 Å². The summed E-state index contributed by atoms with van der Waals surface area (Å²) in [6.07, 6.45) is 0.198. The summed E-state index contributed by atoms with van der Waals surface area (Å²) < 4.78 is 17.9. The Balaban J connectivity index is 2.22. The molecule has 0 spiro atoms. The molecule has 1 N–H and O–H groups in total. The van der Waals surface area contributed by atoms with Crippen molar-refractivity contribution >= 4 is 25.6 Å². The molecular weight excluding hydrogens is 345 g/mol. The molecule has 0 aliphatic carbocycles. The third kappa shape index (κ3) is 3.94. The number of amides is 2. The molecule has 1 heterocycles. The third-order valence-electron chi connectivity index (χ3n) is 4.01. The lowest BCUT2D eigenvalue weighted by Crippen LogP contribution is -2.39. The van der Waals surface area contributed by atoms with Crippen LogP contribution >= 0.6 is 7.80 Å². The van der Waals surface area contributed by atoms with E-state index in [9.17, 15) is 24.1 Å². The lowest BCUT2D eigenvalue weighted by molar-refractivity contribution is -0.141. The van der Waals surface area contributed by atoms with Gasteiger partial charge in [0.05, 0.1) is 11.1 Å². The van der Waals surface area contributed by atoms with Crippen LogP contribution in [0, 0.1) is 11.8 Å². The summed E-state index contributed by atoms with van der Waals surface area (Å²) in [6.45, 7) is 3.75. The molecule has 0 bridgehead atoms. The van der Waals surface area contributed by atoms with Gasteiger partial charge in [0.2, 0.25) is 0 Å². The molecule has 2 amide bonds. The van der Waals surface area contributed by atoms with E-state index in [-0.39, 0.29) is 23.2 Å². The van der Waals surface area contributed by atoms with Crippen molar-refractivity contribution in [3.05, 3.63) is 35.4 Å². The van der Waals surface area contributed by atoms with E-state index in [1.165, 1.54) is 19.2 Å². The first-order valence-electron chi connectivity index (χ1n) is 7.94. The fourth-order valence-electron chi connectivity index (χ4n) is 2.89. The standard InChI is InChI=1S/C17H20NO6P/c1-10(2)8-11(16(21)22)9-25(23)17(24-3)18-14(19)12-6-4-5-7-13(12)15(18)20/h4-7,10-11,17H,8-9H2,1-3H3/p+1. The molecule has 25 heavy (non-hydrogen) atoms. The molecule has 1 aromatic rings. The second kappa shape index (κ2) is 7.85. The SMILES string of the molecule is COC(N1C(=O)c2ccccc2C1=O)[P+](=O)CC(CC(C)C)C(=O)O. The fraction of sp³-hybridized carbons (Fsp3) is 0.471. The average molecular weight is 366 g/mol. The van der Waals surface area contributed by atoms with Crippen LogP contribution in [0.25, 0.3) is 0 Å². The Bertz CT molecular complexity index is 682. The second-order valence-electron chi connectivity index (χ2n) is 6.35. The van der Waals surface area contributed by atoms with Gasteiger partial charge in [-0.1, -0.05) is 30.5 Å². The number of benzene rings is 1. The van der Waals surface area contributed by atoms with Gasteiger partial charge < -0.3 is 9.84 Å². The van der Waals surface area contributed by atoms with Gasteiger partial charge in [0.25, 0.3) is 11.8 Å². The van der Waals surface area contributed by atoms with Crippen LogP contribution in [0.4, 0.5) is 0 Å². The summed E-state index contributed by atoms with van der Waals surface area (Å²) >= 11 is 0. The van der Waals surface area contributed by atoms with E-state index in [0.717, 1.165) is 4.90 Å². The number of hydrogen-bond acceptors (Lipinski definition) is 5. The van der Waals surface area contributed by atoms with Gasteiger partial charge in [-0.15, -0.1) is 0 Å². The van der Waals surface area contributed by atoms with Crippen molar-refractivity contribution in [2.75, 3.05) is 13.3 Å². The van der Waals surface area contributed by atoms with E-state index >= 15 is 0 Å². The monoisotopic (exact) mass is 366 g/mol. The van der Waals surface area contributed by atoms with Crippen LogP contribution in [0.2, 0.25) is 0 Å². The Morgan fingerprint density at radius 3 is 2.12 bits per heavy atom. The van der Waals surface area contributed by atoms with Gasteiger partial charge in [-0.05, 0) is 24.5 Å².